The summed E-state index contributed by atoms with van der Waals surface area (Å²) in [5.41, 5.74) is 0.965. The second kappa shape index (κ2) is 8.93. The average molecular weight is 450 g/mol. The van der Waals surface area contributed by atoms with Crippen molar-refractivity contribution < 1.29 is 22.3 Å². The number of benzene rings is 3. The highest BCUT2D eigenvalue weighted by Gasteiger charge is 2.32. The Hall–Kier alpha value is -2.77. The maximum absolute atomic E-state index is 13.6. The maximum atomic E-state index is 13.6. The molecule has 30 heavy (non-hydrogen) atoms. The van der Waals surface area contributed by atoms with Crippen molar-refractivity contribution in [1.29, 1.82) is 0 Å². The molecule has 3 aromatic carbocycles. The Balaban J connectivity index is 2.21. The molecule has 3 aromatic rings. The first kappa shape index (κ1) is 21.9. The standard InChI is InChI=1S/C22H21ClFNO4S/c1-15(21-14-19(28-2)9-12-22(21)29-3)25(18-6-4-5-16(23)13-18)30(26,27)20-10-7-17(24)8-11-20/h4-15H,1-3H3/t15-/m1/s1. The summed E-state index contributed by atoms with van der Waals surface area (Å²) in [5.74, 6) is 0.540. The van der Waals surface area contributed by atoms with Crippen LogP contribution >= 0.6 is 11.6 Å². The monoisotopic (exact) mass is 449 g/mol. The molecule has 0 radical (unpaired) electrons. The lowest BCUT2D eigenvalue weighted by atomic mass is 10.1. The van der Waals surface area contributed by atoms with Crippen molar-refractivity contribution in [3.63, 3.8) is 0 Å². The first-order valence-electron chi connectivity index (χ1n) is 9.05. The number of halogens is 2. The number of ether oxygens (including phenoxy) is 2. The molecule has 0 N–H and O–H groups in total. The second-order valence-corrected chi connectivity index (χ2v) is 8.77. The first-order chi connectivity index (χ1) is 14.3. The lowest BCUT2D eigenvalue weighted by Crippen LogP contribution is -2.34. The second-order valence-electron chi connectivity index (χ2n) is 6.52. The van der Waals surface area contributed by atoms with E-state index in [0.29, 0.717) is 27.8 Å². The van der Waals surface area contributed by atoms with E-state index in [1.54, 1.807) is 49.4 Å². The molecule has 0 spiro atoms. The van der Waals surface area contributed by atoms with Gasteiger partial charge in [0.1, 0.15) is 17.3 Å². The average Bonchev–Trinajstić information content (AvgIpc) is 2.73. The van der Waals surface area contributed by atoms with E-state index in [0.717, 1.165) is 12.1 Å². The predicted octanol–water partition coefficient (Wildman–Crippen LogP) is 5.45. The number of sulfonamides is 1. The maximum Gasteiger partial charge on any atom is 0.264 e. The minimum Gasteiger partial charge on any atom is -0.497 e. The summed E-state index contributed by atoms with van der Waals surface area (Å²) < 4.78 is 52.6. The molecule has 158 valence electrons. The van der Waals surface area contributed by atoms with Crippen molar-refractivity contribution in [1.82, 2.24) is 0 Å². The summed E-state index contributed by atoms with van der Waals surface area (Å²) in [6.45, 7) is 1.74. The van der Waals surface area contributed by atoms with Gasteiger partial charge >= 0.3 is 0 Å². The Morgan fingerprint density at radius 2 is 1.67 bits per heavy atom. The predicted molar refractivity (Wildman–Crippen MR) is 115 cm³/mol. The van der Waals surface area contributed by atoms with Crippen LogP contribution in [0.5, 0.6) is 11.5 Å². The van der Waals surface area contributed by atoms with Gasteiger partial charge in [-0.1, -0.05) is 17.7 Å². The number of nitrogens with zero attached hydrogens (tertiary/aromatic N) is 1. The van der Waals surface area contributed by atoms with Crippen LogP contribution < -0.4 is 13.8 Å². The molecule has 0 aromatic heterocycles. The van der Waals surface area contributed by atoms with Gasteiger partial charge in [0, 0.05) is 10.6 Å². The summed E-state index contributed by atoms with van der Waals surface area (Å²) >= 11 is 6.15. The van der Waals surface area contributed by atoms with E-state index in [9.17, 15) is 12.8 Å². The van der Waals surface area contributed by atoms with Crippen molar-refractivity contribution in [3.8, 4) is 11.5 Å². The van der Waals surface area contributed by atoms with Gasteiger partial charge < -0.3 is 9.47 Å². The van der Waals surface area contributed by atoms with Gasteiger partial charge in [-0.2, -0.15) is 0 Å². The molecule has 0 aliphatic carbocycles. The normalized spacial score (nSPS) is 12.3. The van der Waals surface area contributed by atoms with Gasteiger partial charge in [-0.3, -0.25) is 4.31 Å². The van der Waals surface area contributed by atoms with E-state index in [1.807, 2.05) is 0 Å². The quantitative estimate of drug-likeness (QED) is 0.481. The lowest BCUT2D eigenvalue weighted by molar-refractivity contribution is 0.396. The lowest BCUT2D eigenvalue weighted by Gasteiger charge is -2.32. The minimum atomic E-state index is -4.07. The van der Waals surface area contributed by atoms with Crippen LogP contribution in [0.25, 0.3) is 0 Å². The molecule has 0 fully saturated rings. The smallest absolute Gasteiger partial charge is 0.264 e. The number of anilines is 1. The summed E-state index contributed by atoms with van der Waals surface area (Å²) in [6.07, 6.45) is 0. The molecule has 5 nitrogen and oxygen atoms in total. The summed E-state index contributed by atoms with van der Waals surface area (Å²) in [5, 5.41) is 0.386. The molecule has 0 aliphatic heterocycles. The summed E-state index contributed by atoms with van der Waals surface area (Å²) in [6, 6.07) is 15.7. The molecule has 3 rings (SSSR count). The molecule has 0 saturated carbocycles. The Labute approximate surface area is 180 Å². The van der Waals surface area contributed by atoms with Gasteiger partial charge in [0.2, 0.25) is 0 Å². The molecule has 0 heterocycles. The molecule has 0 unspecified atom stereocenters. The van der Waals surface area contributed by atoms with Crippen LogP contribution in [0.2, 0.25) is 5.02 Å². The molecule has 0 saturated heterocycles. The zero-order valence-electron chi connectivity index (χ0n) is 16.7. The molecule has 0 aliphatic rings. The topological polar surface area (TPSA) is 55.8 Å². The largest absolute Gasteiger partial charge is 0.497 e. The number of hydrogen-bond acceptors (Lipinski definition) is 4. The molecule has 0 bridgehead atoms. The summed E-state index contributed by atoms with van der Waals surface area (Å²) in [4.78, 5) is -0.0439. The van der Waals surface area contributed by atoms with Crippen molar-refractivity contribution >= 4 is 27.3 Å². The first-order valence-corrected chi connectivity index (χ1v) is 10.9. The van der Waals surface area contributed by atoms with Crippen LogP contribution in [0, 0.1) is 5.82 Å². The number of hydrogen-bond donors (Lipinski definition) is 0. The van der Waals surface area contributed by atoms with E-state index in [1.165, 1.54) is 30.7 Å². The van der Waals surface area contributed by atoms with Gasteiger partial charge in [-0.25, -0.2) is 12.8 Å². The van der Waals surface area contributed by atoms with E-state index < -0.39 is 21.9 Å². The van der Waals surface area contributed by atoms with Gasteiger partial charge in [0.15, 0.2) is 0 Å². The third kappa shape index (κ3) is 4.37. The van der Waals surface area contributed by atoms with Crippen molar-refractivity contribution in [3.05, 3.63) is 83.1 Å². The van der Waals surface area contributed by atoms with E-state index >= 15 is 0 Å². The Morgan fingerprint density at radius 1 is 0.967 bits per heavy atom. The van der Waals surface area contributed by atoms with Crippen LogP contribution in [0.15, 0.2) is 71.6 Å². The molecule has 8 heteroatoms. The third-order valence-electron chi connectivity index (χ3n) is 4.67. The fraction of sp³-hybridized carbons (Fsp3) is 0.182. The SMILES string of the molecule is COc1ccc(OC)c([C@@H](C)N(c2cccc(Cl)c2)S(=O)(=O)c2ccc(F)cc2)c1. The molecular formula is C22H21ClFNO4S. The van der Waals surface area contributed by atoms with E-state index in [4.69, 9.17) is 21.1 Å². The van der Waals surface area contributed by atoms with Gasteiger partial charge in [-0.15, -0.1) is 0 Å². The highest BCUT2D eigenvalue weighted by atomic mass is 35.5. The van der Waals surface area contributed by atoms with Gasteiger partial charge in [0.05, 0.1) is 30.8 Å². The van der Waals surface area contributed by atoms with Gasteiger partial charge in [-0.05, 0) is 67.6 Å². The summed E-state index contributed by atoms with van der Waals surface area (Å²) in [7, 11) is -1.03. The fourth-order valence-electron chi connectivity index (χ4n) is 3.20. The van der Waals surface area contributed by atoms with E-state index in [2.05, 4.69) is 0 Å². The van der Waals surface area contributed by atoms with Crippen LogP contribution in [-0.4, -0.2) is 22.6 Å². The van der Waals surface area contributed by atoms with Crippen molar-refractivity contribution in [2.75, 3.05) is 18.5 Å². The number of rotatable bonds is 7. The highest BCUT2D eigenvalue weighted by molar-refractivity contribution is 7.92. The molecular weight excluding hydrogens is 429 g/mol. The fourth-order valence-corrected chi connectivity index (χ4v) is 5.01. The Bertz CT molecular complexity index is 1140. The molecule has 1 atom stereocenters. The third-order valence-corrected chi connectivity index (χ3v) is 6.82. The Morgan fingerprint density at radius 3 is 2.27 bits per heavy atom. The van der Waals surface area contributed by atoms with E-state index in [-0.39, 0.29) is 4.90 Å². The van der Waals surface area contributed by atoms with Gasteiger partial charge in [0.25, 0.3) is 10.0 Å². The van der Waals surface area contributed by atoms with Crippen molar-refractivity contribution in [2.24, 2.45) is 0 Å². The van der Waals surface area contributed by atoms with Crippen LogP contribution in [0.4, 0.5) is 10.1 Å². The van der Waals surface area contributed by atoms with Crippen LogP contribution in [0.1, 0.15) is 18.5 Å². The Kier molecular flexibility index (Phi) is 6.53. The minimum absolute atomic E-state index is 0.0439. The highest BCUT2D eigenvalue weighted by Crippen LogP contribution is 2.39. The number of methoxy groups -OCH3 is 2. The molecule has 0 amide bonds. The van der Waals surface area contributed by atoms with Crippen LogP contribution in [0.3, 0.4) is 0 Å². The zero-order valence-corrected chi connectivity index (χ0v) is 18.2. The van der Waals surface area contributed by atoms with Crippen molar-refractivity contribution in [2.45, 2.75) is 17.9 Å². The van der Waals surface area contributed by atoms with Crippen LogP contribution in [-0.2, 0) is 10.0 Å². The zero-order chi connectivity index (χ0) is 21.9.